The zero-order valence-electron chi connectivity index (χ0n) is 12.2. The van der Waals surface area contributed by atoms with Crippen LogP contribution in [0.25, 0.3) is 0 Å². The van der Waals surface area contributed by atoms with Gasteiger partial charge in [-0.1, -0.05) is 23.8 Å². The van der Waals surface area contributed by atoms with Crippen molar-refractivity contribution in [1.82, 2.24) is 0 Å². The van der Waals surface area contributed by atoms with E-state index in [1.807, 2.05) is 32.0 Å². The highest BCUT2D eigenvalue weighted by molar-refractivity contribution is 6.11. The fourth-order valence-electron chi connectivity index (χ4n) is 2.20. The Kier molecular flexibility index (Phi) is 4.08. The van der Waals surface area contributed by atoms with Gasteiger partial charge < -0.3 is 9.47 Å². The maximum absolute atomic E-state index is 12.6. The van der Waals surface area contributed by atoms with Gasteiger partial charge in [0.05, 0.1) is 19.8 Å². The summed E-state index contributed by atoms with van der Waals surface area (Å²) in [5.41, 5.74) is 3.34. The topological polar surface area (TPSA) is 35.5 Å². The van der Waals surface area contributed by atoms with Crippen molar-refractivity contribution in [3.05, 3.63) is 58.7 Å². The van der Waals surface area contributed by atoms with Gasteiger partial charge in [0.2, 0.25) is 0 Å². The lowest BCUT2D eigenvalue weighted by Gasteiger charge is -2.11. The van der Waals surface area contributed by atoms with Gasteiger partial charge >= 0.3 is 0 Å². The lowest BCUT2D eigenvalue weighted by atomic mass is 9.97. The number of ketones is 1. The number of aryl methyl sites for hydroxylation is 2. The normalized spacial score (nSPS) is 10.2. The summed E-state index contributed by atoms with van der Waals surface area (Å²) in [4.78, 5) is 12.6. The molecule has 2 aromatic carbocycles. The first-order valence-electron chi connectivity index (χ1n) is 6.40. The zero-order chi connectivity index (χ0) is 14.7. The zero-order valence-corrected chi connectivity index (χ0v) is 12.2. The van der Waals surface area contributed by atoms with Gasteiger partial charge in [0.25, 0.3) is 0 Å². The third-order valence-corrected chi connectivity index (χ3v) is 3.28. The third-order valence-electron chi connectivity index (χ3n) is 3.28. The highest BCUT2D eigenvalue weighted by atomic mass is 16.5. The summed E-state index contributed by atoms with van der Waals surface area (Å²) in [6.07, 6.45) is 0. The van der Waals surface area contributed by atoms with Crippen LogP contribution in [0.5, 0.6) is 11.5 Å². The molecule has 0 aliphatic carbocycles. The van der Waals surface area contributed by atoms with Crippen LogP contribution in [0.2, 0.25) is 0 Å². The molecule has 104 valence electrons. The molecular weight excluding hydrogens is 252 g/mol. The lowest BCUT2D eigenvalue weighted by Crippen LogP contribution is -2.06. The molecule has 0 aromatic heterocycles. The molecule has 0 atom stereocenters. The monoisotopic (exact) mass is 270 g/mol. The quantitative estimate of drug-likeness (QED) is 0.797. The van der Waals surface area contributed by atoms with E-state index in [9.17, 15) is 4.79 Å². The Bertz CT molecular complexity index is 645. The standard InChI is InChI=1S/C17H18O3/c1-11-5-7-14(12(2)9-11)17(18)15-8-6-13(19-3)10-16(15)20-4/h5-10H,1-4H3. The first kappa shape index (κ1) is 14.1. The number of rotatable bonds is 4. The van der Waals surface area contributed by atoms with Crippen molar-refractivity contribution in [1.29, 1.82) is 0 Å². The third kappa shape index (κ3) is 2.67. The van der Waals surface area contributed by atoms with E-state index in [0.29, 0.717) is 22.6 Å². The van der Waals surface area contributed by atoms with E-state index in [-0.39, 0.29) is 5.78 Å². The van der Waals surface area contributed by atoms with Gasteiger partial charge in [-0.2, -0.15) is 0 Å². The molecule has 0 saturated carbocycles. The van der Waals surface area contributed by atoms with E-state index in [4.69, 9.17) is 9.47 Å². The van der Waals surface area contributed by atoms with E-state index >= 15 is 0 Å². The lowest BCUT2D eigenvalue weighted by molar-refractivity contribution is 0.103. The van der Waals surface area contributed by atoms with Crippen LogP contribution < -0.4 is 9.47 Å². The Labute approximate surface area is 119 Å². The van der Waals surface area contributed by atoms with E-state index in [1.165, 1.54) is 0 Å². The van der Waals surface area contributed by atoms with Crippen molar-refractivity contribution in [2.24, 2.45) is 0 Å². The predicted molar refractivity (Wildman–Crippen MR) is 78.9 cm³/mol. The molecule has 0 radical (unpaired) electrons. The summed E-state index contributed by atoms with van der Waals surface area (Å²) in [5, 5.41) is 0. The number of methoxy groups -OCH3 is 2. The largest absolute Gasteiger partial charge is 0.497 e. The number of hydrogen-bond acceptors (Lipinski definition) is 3. The SMILES string of the molecule is COc1ccc(C(=O)c2ccc(C)cc2C)c(OC)c1. The Morgan fingerprint density at radius 1 is 0.900 bits per heavy atom. The summed E-state index contributed by atoms with van der Waals surface area (Å²) < 4.78 is 10.4. The van der Waals surface area contributed by atoms with Crippen LogP contribution in [0.3, 0.4) is 0 Å². The molecule has 0 bridgehead atoms. The van der Waals surface area contributed by atoms with Gasteiger partial charge in [0, 0.05) is 11.6 Å². The molecule has 3 heteroatoms. The van der Waals surface area contributed by atoms with Gasteiger partial charge in [-0.3, -0.25) is 4.79 Å². The molecule has 0 aliphatic rings. The highest BCUT2D eigenvalue weighted by Crippen LogP contribution is 2.27. The van der Waals surface area contributed by atoms with Crippen LogP contribution in [-0.4, -0.2) is 20.0 Å². The second-order valence-corrected chi connectivity index (χ2v) is 4.71. The Balaban J connectivity index is 2.47. The van der Waals surface area contributed by atoms with Crippen LogP contribution in [0.4, 0.5) is 0 Å². The molecule has 0 N–H and O–H groups in total. The van der Waals surface area contributed by atoms with Gasteiger partial charge in [-0.25, -0.2) is 0 Å². The predicted octanol–water partition coefficient (Wildman–Crippen LogP) is 3.55. The fourth-order valence-corrected chi connectivity index (χ4v) is 2.20. The molecule has 0 spiro atoms. The van der Waals surface area contributed by atoms with Crippen molar-refractivity contribution in [3.63, 3.8) is 0 Å². The van der Waals surface area contributed by atoms with Crippen molar-refractivity contribution in [2.45, 2.75) is 13.8 Å². The molecule has 0 fully saturated rings. The van der Waals surface area contributed by atoms with Crippen LogP contribution in [0, 0.1) is 13.8 Å². The molecule has 0 unspecified atom stereocenters. The molecule has 2 aromatic rings. The van der Waals surface area contributed by atoms with Gasteiger partial charge in [-0.05, 0) is 31.5 Å². The highest BCUT2D eigenvalue weighted by Gasteiger charge is 2.17. The first-order chi connectivity index (χ1) is 9.56. The van der Waals surface area contributed by atoms with E-state index in [0.717, 1.165) is 11.1 Å². The van der Waals surface area contributed by atoms with Crippen molar-refractivity contribution >= 4 is 5.78 Å². The smallest absolute Gasteiger partial charge is 0.197 e. The summed E-state index contributed by atoms with van der Waals surface area (Å²) >= 11 is 0. The Morgan fingerprint density at radius 2 is 1.60 bits per heavy atom. The fraction of sp³-hybridized carbons (Fsp3) is 0.235. The maximum Gasteiger partial charge on any atom is 0.197 e. The molecule has 0 amide bonds. The minimum atomic E-state index is -0.0398. The average Bonchev–Trinajstić information content (AvgIpc) is 2.46. The van der Waals surface area contributed by atoms with Gasteiger partial charge in [0.1, 0.15) is 11.5 Å². The summed E-state index contributed by atoms with van der Waals surface area (Å²) in [6, 6.07) is 11.0. The molecule has 0 aliphatic heterocycles. The van der Waals surface area contributed by atoms with Crippen LogP contribution in [0.15, 0.2) is 36.4 Å². The molecule has 3 nitrogen and oxygen atoms in total. The molecule has 2 rings (SSSR count). The van der Waals surface area contributed by atoms with E-state index < -0.39 is 0 Å². The number of benzene rings is 2. The first-order valence-corrected chi connectivity index (χ1v) is 6.40. The van der Waals surface area contributed by atoms with Gasteiger partial charge in [0.15, 0.2) is 5.78 Å². The summed E-state index contributed by atoms with van der Waals surface area (Å²) in [7, 11) is 3.13. The van der Waals surface area contributed by atoms with Crippen molar-refractivity contribution in [3.8, 4) is 11.5 Å². The van der Waals surface area contributed by atoms with E-state index in [1.54, 1.807) is 32.4 Å². The second-order valence-electron chi connectivity index (χ2n) is 4.71. The number of carbonyl (C=O) groups excluding carboxylic acids is 1. The van der Waals surface area contributed by atoms with Crippen LogP contribution in [0.1, 0.15) is 27.0 Å². The summed E-state index contributed by atoms with van der Waals surface area (Å²) in [5.74, 6) is 1.15. The second kappa shape index (κ2) is 5.78. The Hall–Kier alpha value is -2.29. The number of carbonyl (C=O) groups is 1. The number of hydrogen-bond donors (Lipinski definition) is 0. The number of ether oxygens (including phenoxy) is 2. The molecule has 0 heterocycles. The molecule has 20 heavy (non-hydrogen) atoms. The van der Waals surface area contributed by atoms with Crippen LogP contribution >= 0.6 is 0 Å². The van der Waals surface area contributed by atoms with Crippen molar-refractivity contribution in [2.75, 3.05) is 14.2 Å². The van der Waals surface area contributed by atoms with E-state index in [2.05, 4.69) is 0 Å². The van der Waals surface area contributed by atoms with Crippen molar-refractivity contribution < 1.29 is 14.3 Å². The molecule has 0 saturated heterocycles. The average molecular weight is 270 g/mol. The minimum absolute atomic E-state index is 0.0398. The summed E-state index contributed by atoms with van der Waals surface area (Å²) in [6.45, 7) is 3.95. The molecular formula is C17H18O3. The Morgan fingerprint density at radius 3 is 2.20 bits per heavy atom. The van der Waals surface area contributed by atoms with Crippen LogP contribution in [-0.2, 0) is 0 Å². The van der Waals surface area contributed by atoms with Gasteiger partial charge in [-0.15, -0.1) is 0 Å². The maximum atomic E-state index is 12.6. The minimum Gasteiger partial charge on any atom is -0.497 e.